The van der Waals surface area contributed by atoms with Crippen molar-refractivity contribution < 1.29 is 23.4 Å². The van der Waals surface area contributed by atoms with E-state index < -0.39 is 5.82 Å². The zero-order chi connectivity index (χ0) is 23.5. The Labute approximate surface area is 197 Å². The predicted molar refractivity (Wildman–Crippen MR) is 122 cm³/mol. The van der Waals surface area contributed by atoms with Gasteiger partial charge in [-0.1, -0.05) is 0 Å². The second-order valence-corrected chi connectivity index (χ2v) is 10.2. The number of fused-ring (bicyclic) bond motifs is 2. The van der Waals surface area contributed by atoms with Gasteiger partial charge in [0, 0.05) is 36.0 Å². The highest BCUT2D eigenvalue weighted by Gasteiger charge is 2.61. The van der Waals surface area contributed by atoms with Crippen LogP contribution in [0.15, 0.2) is 30.7 Å². The molecule has 2 saturated carbocycles. The lowest BCUT2D eigenvalue weighted by Gasteiger charge is -2.41. The van der Waals surface area contributed by atoms with Crippen LogP contribution in [0.4, 0.5) is 4.39 Å². The molecule has 34 heavy (non-hydrogen) atoms. The van der Waals surface area contributed by atoms with Crippen molar-refractivity contribution in [2.75, 3.05) is 13.7 Å². The predicted octanol–water partition coefficient (Wildman–Crippen LogP) is 4.44. The van der Waals surface area contributed by atoms with Gasteiger partial charge in [-0.2, -0.15) is 4.39 Å². The highest BCUT2D eigenvalue weighted by Crippen LogP contribution is 2.58. The summed E-state index contributed by atoms with van der Waals surface area (Å²) in [7, 11) is 1.48. The molecule has 8 heteroatoms. The molecule has 4 aliphatic rings. The number of carbonyl (C=O) groups is 1. The first-order valence-corrected chi connectivity index (χ1v) is 11.9. The molecule has 0 atom stereocenters. The molecule has 0 N–H and O–H groups in total. The average Bonchev–Trinajstić information content (AvgIpc) is 3.59. The smallest absolute Gasteiger partial charge is 0.224 e. The van der Waals surface area contributed by atoms with E-state index in [4.69, 9.17) is 14.2 Å². The topological polar surface area (TPSA) is 75.0 Å². The number of ether oxygens (including phenoxy) is 3. The number of carbonyl (C=O) groups excluding carboxylic acids is 1. The summed E-state index contributed by atoms with van der Waals surface area (Å²) in [6.45, 7) is 2.71. The molecule has 2 aliphatic heterocycles. The normalized spacial score (nSPS) is 26.1. The first-order chi connectivity index (χ1) is 16.4. The summed E-state index contributed by atoms with van der Waals surface area (Å²) in [6.07, 6.45) is 10.8. The third-order valence-corrected chi connectivity index (χ3v) is 7.58. The lowest BCUT2D eigenvalue weighted by Crippen LogP contribution is -2.45. The van der Waals surface area contributed by atoms with E-state index in [9.17, 15) is 4.79 Å². The Morgan fingerprint density at radius 1 is 1.29 bits per heavy atom. The number of methoxy groups -OCH3 is 1. The highest BCUT2D eigenvalue weighted by atomic mass is 19.1. The summed E-state index contributed by atoms with van der Waals surface area (Å²) < 4.78 is 35.0. The standard InChI is InChI=1S/C26H28FN3O4/c1-25-13-26(14-25,15-33-25)20-12-30-11-16(10-19(31)18-8-5-9-28-24(18)32-2)22(21(27)23(30)29-20)34-17-6-3-4-7-17/h5,8-9,11-12,17H,3-4,6-7,10,13-15H2,1-2H3. The Bertz CT molecular complexity index is 1270. The molecule has 0 aromatic carbocycles. The van der Waals surface area contributed by atoms with Crippen LogP contribution in [-0.4, -0.2) is 45.6 Å². The number of imidazole rings is 1. The molecule has 7 nitrogen and oxygen atoms in total. The van der Waals surface area contributed by atoms with Crippen molar-refractivity contribution in [3.63, 3.8) is 0 Å². The van der Waals surface area contributed by atoms with Crippen molar-refractivity contribution in [1.29, 1.82) is 0 Å². The van der Waals surface area contributed by atoms with E-state index in [0.29, 0.717) is 17.7 Å². The van der Waals surface area contributed by atoms with Crippen molar-refractivity contribution in [3.05, 3.63) is 53.4 Å². The number of ketones is 1. The fourth-order valence-corrected chi connectivity index (χ4v) is 5.99. The minimum atomic E-state index is -0.515. The zero-order valence-electron chi connectivity index (χ0n) is 19.5. The molecule has 178 valence electrons. The third-order valence-electron chi connectivity index (χ3n) is 7.58. The molecule has 2 bridgehead atoms. The minimum Gasteiger partial charge on any atom is -0.487 e. The number of pyridine rings is 2. The van der Waals surface area contributed by atoms with E-state index >= 15 is 4.39 Å². The van der Waals surface area contributed by atoms with Gasteiger partial charge < -0.3 is 18.6 Å². The molecule has 2 aliphatic carbocycles. The Hall–Kier alpha value is -3.00. The third kappa shape index (κ3) is 3.38. The molecule has 2 saturated heterocycles. The first kappa shape index (κ1) is 21.5. The summed E-state index contributed by atoms with van der Waals surface area (Å²) in [5.41, 5.74) is 1.68. The van der Waals surface area contributed by atoms with Crippen LogP contribution < -0.4 is 9.47 Å². The van der Waals surface area contributed by atoms with Gasteiger partial charge in [0.1, 0.15) is 0 Å². The van der Waals surface area contributed by atoms with E-state index in [1.54, 1.807) is 28.9 Å². The van der Waals surface area contributed by atoms with Crippen molar-refractivity contribution in [2.24, 2.45) is 0 Å². The van der Waals surface area contributed by atoms with Crippen LogP contribution in [0.3, 0.4) is 0 Å². The molecule has 7 rings (SSSR count). The highest BCUT2D eigenvalue weighted by molar-refractivity contribution is 5.99. The zero-order valence-corrected chi connectivity index (χ0v) is 19.5. The first-order valence-electron chi connectivity index (χ1n) is 11.9. The van der Waals surface area contributed by atoms with Gasteiger partial charge in [-0.25, -0.2) is 9.97 Å². The monoisotopic (exact) mass is 465 g/mol. The van der Waals surface area contributed by atoms with Crippen LogP contribution in [0.2, 0.25) is 0 Å². The van der Waals surface area contributed by atoms with Crippen LogP contribution in [-0.2, 0) is 16.6 Å². The van der Waals surface area contributed by atoms with Gasteiger partial charge >= 0.3 is 0 Å². The molecular formula is C26H28FN3O4. The minimum absolute atomic E-state index is 0.0309. The molecule has 0 unspecified atom stereocenters. The van der Waals surface area contributed by atoms with Crippen molar-refractivity contribution in [2.45, 2.75) is 69.0 Å². The van der Waals surface area contributed by atoms with Crippen molar-refractivity contribution in [3.8, 4) is 11.6 Å². The summed E-state index contributed by atoms with van der Waals surface area (Å²) in [5.74, 6) is -0.339. The maximum atomic E-state index is 15.9. The summed E-state index contributed by atoms with van der Waals surface area (Å²) in [5, 5.41) is 0. The molecule has 4 fully saturated rings. The fraction of sp³-hybridized carbons (Fsp3) is 0.500. The molecule has 3 aromatic rings. The largest absolute Gasteiger partial charge is 0.487 e. The lowest BCUT2D eigenvalue weighted by molar-refractivity contribution is 0.0154. The van der Waals surface area contributed by atoms with E-state index in [1.807, 2.05) is 6.20 Å². The van der Waals surface area contributed by atoms with Crippen LogP contribution in [0.1, 0.15) is 67.1 Å². The van der Waals surface area contributed by atoms with Crippen molar-refractivity contribution >= 4 is 11.4 Å². The Morgan fingerprint density at radius 2 is 2.09 bits per heavy atom. The van der Waals surface area contributed by atoms with E-state index in [-0.39, 0.29) is 46.6 Å². The number of hydrogen-bond donors (Lipinski definition) is 0. The molecule has 3 aromatic heterocycles. The van der Waals surface area contributed by atoms with E-state index in [1.165, 1.54) is 7.11 Å². The van der Waals surface area contributed by atoms with Crippen molar-refractivity contribution in [1.82, 2.24) is 14.4 Å². The maximum Gasteiger partial charge on any atom is 0.224 e. The number of nitrogens with zero attached hydrogens (tertiary/aromatic N) is 3. The Morgan fingerprint density at radius 3 is 2.79 bits per heavy atom. The number of Topliss-reactive ketones (excluding diaryl/α,β-unsaturated/α-hetero) is 1. The summed E-state index contributed by atoms with van der Waals surface area (Å²) in [6, 6.07) is 3.36. The number of hydrogen-bond acceptors (Lipinski definition) is 6. The molecule has 0 amide bonds. The number of aromatic nitrogens is 3. The average molecular weight is 466 g/mol. The quantitative estimate of drug-likeness (QED) is 0.480. The van der Waals surface area contributed by atoms with Gasteiger partial charge in [0.25, 0.3) is 0 Å². The Balaban J connectivity index is 1.40. The SMILES string of the molecule is COc1ncccc1C(=O)Cc1cn2cc(C34COC(C)(C3)C4)nc2c(F)c1OC1CCCC1. The van der Waals surface area contributed by atoms with Gasteiger partial charge in [0.2, 0.25) is 11.7 Å². The van der Waals surface area contributed by atoms with Gasteiger partial charge in [-0.15, -0.1) is 0 Å². The Kier molecular flexibility index (Phi) is 4.92. The number of halogens is 1. The summed E-state index contributed by atoms with van der Waals surface area (Å²) >= 11 is 0. The van der Waals surface area contributed by atoms with E-state index in [2.05, 4.69) is 16.9 Å². The van der Waals surface area contributed by atoms with Crippen LogP contribution in [0.5, 0.6) is 11.6 Å². The van der Waals surface area contributed by atoms with Gasteiger partial charge in [-0.05, 0) is 57.6 Å². The molecule has 0 radical (unpaired) electrons. The molecule has 5 heterocycles. The summed E-state index contributed by atoms with van der Waals surface area (Å²) in [4.78, 5) is 22.0. The van der Waals surface area contributed by atoms with Crippen LogP contribution >= 0.6 is 0 Å². The number of rotatable bonds is 7. The maximum absolute atomic E-state index is 15.9. The van der Waals surface area contributed by atoms with Gasteiger partial charge in [0.05, 0.1) is 36.7 Å². The van der Waals surface area contributed by atoms with E-state index in [0.717, 1.165) is 44.2 Å². The molecular weight excluding hydrogens is 437 g/mol. The van der Waals surface area contributed by atoms with Crippen LogP contribution in [0.25, 0.3) is 5.65 Å². The molecule has 0 spiro atoms. The second kappa shape index (κ2) is 7.77. The van der Waals surface area contributed by atoms with Crippen LogP contribution in [0, 0.1) is 5.82 Å². The second-order valence-electron chi connectivity index (χ2n) is 10.2. The lowest BCUT2D eigenvalue weighted by atomic mass is 9.62. The van der Waals surface area contributed by atoms with Gasteiger partial charge in [0.15, 0.2) is 17.2 Å². The fourth-order valence-electron chi connectivity index (χ4n) is 5.99. The van der Waals surface area contributed by atoms with Gasteiger partial charge in [-0.3, -0.25) is 4.79 Å².